The summed E-state index contributed by atoms with van der Waals surface area (Å²) in [6.07, 6.45) is -0.0965. The molecular formula is C23H22Cl2N4O4S2. The first-order valence-corrected chi connectivity index (χ1v) is 13.4. The Hall–Kier alpha value is -2.21. The van der Waals surface area contributed by atoms with E-state index in [0.29, 0.717) is 41.0 Å². The molecule has 0 aliphatic carbocycles. The number of nitro benzene ring substituents is 1. The van der Waals surface area contributed by atoms with Gasteiger partial charge in [-0.15, -0.1) is 11.3 Å². The summed E-state index contributed by atoms with van der Waals surface area (Å²) in [4.78, 5) is 29.7. The number of nitrogens with zero attached hydrogens (tertiary/aromatic N) is 3. The number of thioether (sulfide) groups is 1. The standard InChI is InChI=1S/C23H22Cl2N4O4S2/c24-19-5-4-15(8-20(19)25)11-28-6-7-33-18(12-28)10-26-22(30)14-35-23-27-21(13-34-23)16-2-1-3-17(9-16)29(31)32/h1-5,8-9,13,18H,6-7,10-12,14H2,(H,26,30). The number of morpholine rings is 1. The molecule has 1 N–H and O–H groups in total. The third-order valence-corrected chi connectivity index (χ3v) is 8.06. The van der Waals surface area contributed by atoms with Crippen LogP contribution in [0.15, 0.2) is 52.2 Å². The first kappa shape index (κ1) is 25.9. The molecule has 0 bridgehead atoms. The second kappa shape index (κ2) is 12.2. The quantitative estimate of drug-likeness (QED) is 0.223. The lowest BCUT2D eigenvalue weighted by Gasteiger charge is -2.33. The molecule has 1 aliphatic heterocycles. The van der Waals surface area contributed by atoms with Crippen LogP contribution < -0.4 is 5.32 Å². The molecule has 0 spiro atoms. The van der Waals surface area contributed by atoms with Crippen molar-refractivity contribution in [1.29, 1.82) is 0 Å². The Morgan fingerprint density at radius 1 is 1.29 bits per heavy atom. The Morgan fingerprint density at radius 3 is 2.94 bits per heavy atom. The Kier molecular flexibility index (Phi) is 8.99. The number of halogens is 2. The predicted molar refractivity (Wildman–Crippen MR) is 139 cm³/mol. The highest BCUT2D eigenvalue weighted by atomic mass is 35.5. The molecule has 1 unspecified atom stereocenters. The fourth-order valence-corrected chi connectivity index (χ4v) is 5.57. The van der Waals surface area contributed by atoms with Crippen LogP contribution in [0.3, 0.4) is 0 Å². The minimum atomic E-state index is -0.432. The Balaban J connectivity index is 1.22. The van der Waals surface area contributed by atoms with E-state index in [0.717, 1.165) is 23.0 Å². The van der Waals surface area contributed by atoms with Gasteiger partial charge in [-0.3, -0.25) is 19.8 Å². The topological polar surface area (TPSA) is 97.6 Å². The predicted octanol–water partition coefficient (Wildman–Crippen LogP) is 5.13. The van der Waals surface area contributed by atoms with Gasteiger partial charge >= 0.3 is 0 Å². The third-order valence-electron chi connectivity index (χ3n) is 5.30. The highest BCUT2D eigenvalue weighted by Crippen LogP contribution is 2.30. The maximum atomic E-state index is 12.4. The number of carbonyl (C=O) groups excluding carboxylic acids is 1. The summed E-state index contributed by atoms with van der Waals surface area (Å²) in [5.74, 6) is 0.119. The fourth-order valence-electron chi connectivity index (χ4n) is 3.58. The number of carbonyl (C=O) groups is 1. The van der Waals surface area contributed by atoms with Gasteiger partial charge in [-0.2, -0.15) is 0 Å². The molecule has 2 heterocycles. The van der Waals surface area contributed by atoms with E-state index in [1.54, 1.807) is 18.2 Å². The van der Waals surface area contributed by atoms with Crippen LogP contribution in [0.1, 0.15) is 5.56 Å². The average Bonchev–Trinajstić information content (AvgIpc) is 3.33. The van der Waals surface area contributed by atoms with Crippen molar-refractivity contribution in [2.75, 3.05) is 32.0 Å². The van der Waals surface area contributed by atoms with Crippen LogP contribution in [0.4, 0.5) is 5.69 Å². The molecule has 184 valence electrons. The number of amides is 1. The molecule has 12 heteroatoms. The van der Waals surface area contributed by atoms with Crippen molar-refractivity contribution in [3.63, 3.8) is 0 Å². The van der Waals surface area contributed by atoms with Crippen LogP contribution in [-0.4, -0.2) is 58.8 Å². The van der Waals surface area contributed by atoms with Gasteiger partial charge in [-0.25, -0.2) is 4.98 Å². The monoisotopic (exact) mass is 552 g/mol. The molecule has 1 atom stereocenters. The second-order valence-electron chi connectivity index (χ2n) is 7.88. The molecule has 0 radical (unpaired) electrons. The molecule has 1 saturated heterocycles. The highest BCUT2D eigenvalue weighted by molar-refractivity contribution is 8.01. The molecule has 3 aromatic rings. The lowest BCUT2D eigenvalue weighted by molar-refractivity contribution is -0.384. The zero-order valence-corrected chi connectivity index (χ0v) is 21.6. The lowest BCUT2D eigenvalue weighted by Crippen LogP contribution is -2.47. The number of benzene rings is 2. The Bertz CT molecular complexity index is 1210. The minimum absolute atomic E-state index is 0.0181. The SMILES string of the molecule is O=C(CSc1nc(-c2cccc([N+](=O)[O-])c2)cs1)NCC1CN(Cc2ccc(Cl)c(Cl)c2)CCO1. The molecule has 4 rings (SSSR count). The van der Waals surface area contributed by atoms with Gasteiger partial charge in [0.15, 0.2) is 4.34 Å². The third kappa shape index (κ3) is 7.39. The lowest BCUT2D eigenvalue weighted by atomic mass is 10.1. The maximum absolute atomic E-state index is 12.4. The number of aromatic nitrogens is 1. The van der Waals surface area contributed by atoms with Crippen molar-refractivity contribution >= 4 is 57.9 Å². The molecule has 0 saturated carbocycles. The van der Waals surface area contributed by atoms with E-state index in [-0.39, 0.29) is 23.5 Å². The van der Waals surface area contributed by atoms with E-state index in [1.807, 2.05) is 17.5 Å². The van der Waals surface area contributed by atoms with Gasteiger partial charge in [0.25, 0.3) is 5.69 Å². The van der Waals surface area contributed by atoms with Crippen LogP contribution in [-0.2, 0) is 16.1 Å². The van der Waals surface area contributed by atoms with E-state index in [4.69, 9.17) is 27.9 Å². The summed E-state index contributed by atoms with van der Waals surface area (Å²) in [5.41, 5.74) is 2.42. The Labute approximate surface area is 220 Å². The number of hydrogen-bond donors (Lipinski definition) is 1. The molecule has 1 fully saturated rings. The summed E-state index contributed by atoms with van der Waals surface area (Å²) < 4.78 is 6.54. The number of non-ortho nitro benzene ring substituents is 1. The average molecular weight is 553 g/mol. The summed E-state index contributed by atoms with van der Waals surface area (Å²) in [7, 11) is 0. The zero-order valence-electron chi connectivity index (χ0n) is 18.5. The van der Waals surface area contributed by atoms with Crippen molar-refractivity contribution < 1.29 is 14.5 Å². The summed E-state index contributed by atoms with van der Waals surface area (Å²) in [5, 5.41) is 16.8. The van der Waals surface area contributed by atoms with Crippen LogP contribution >= 0.6 is 46.3 Å². The van der Waals surface area contributed by atoms with Gasteiger partial charge in [0.2, 0.25) is 5.91 Å². The van der Waals surface area contributed by atoms with Gasteiger partial charge in [-0.1, -0.05) is 53.2 Å². The molecule has 8 nitrogen and oxygen atoms in total. The number of nitrogens with one attached hydrogen (secondary N) is 1. The number of hydrogen-bond acceptors (Lipinski definition) is 8. The summed E-state index contributed by atoms with van der Waals surface area (Å²) in [6, 6.07) is 12.0. The normalized spacial score (nSPS) is 16.2. The number of rotatable bonds is 9. The van der Waals surface area contributed by atoms with E-state index in [2.05, 4.69) is 15.2 Å². The van der Waals surface area contributed by atoms with Crippen LogP contribution in [0.5, 0.6) is 0 Å². The smallest absolute Gasteiger partial charge is 0.270 e. The van der Waals surface area contributed by atoms with Gasteiger partial charge in [0.1, 0.15) is 0 Å². The van der Waals surface area contributed by atoms with Crippen LogP contribution in [0, 0.1) is 10.1 Å². The van der Waals surface area contributed by atoms with E-state index in [9.17, 15) is 14.9 Å². The molecule has 1 amide bonds. The maximum Gasteiger partial charge on any atom is 0.270 e. The van der Waals surface area contributed by atoms with E-state index >= 15 is 0 Å². The zero-order chi connectivity index (χ0) is 24.8. The fraction of sp³-hybridized carbons (Fsp3) is 0.304. The van der Waals surface area contributed by atoms with Crippen LogP contribution in [0.2, 0.25) is 10.0 Å². The molecule has 1 aliphatic rings. The minimum Gasteiger partial charge on any atom is -0.374 e. The van der Waals surface area contributed by atoms with E-state index < -0.39 is 4.92 Å². The van der Waals surface area contributed by atoms with Gasteiger partial charge in [-0.05, 0) is 17.7 Å². The van der Waals surface area contributed by atoms with Crippen molar-refractivity contribution in [1.82, 2.24) is 15.2 Å². The van der Waals surface area contributed by atoms with Crippen molar-refractivity contribution in [3.8, 4) is 11.3 Å². The summed E-state index contributed by atoms with van der Waals surface area (Å²) >= 11 is 14.8. The van der Waals surface area contributed by atoms with E-state index in [1.165, 1.54) is 35.2 Å². The van der Waals surface area contributed by atoms with Gasteiger partial charge in [0, 0.05) is 49.3 Å². The molecule has 35 heavy (non-hydrogen) atoms. The summed E-state index contributed by atoms with van der Waals surface area (Å²) in [6.45, 7) is 3.26. The van der Waals surface area contributed by atoms with Crippen LogP contribution in [0.25, 0.3) is 11.3 Å². The molecular weight excluding hydrogens is 531 g/mol. The molecule has 2 aromatic carbocycles. The number of ether oxygens (including phenoxy) is 1. The van der Waals surface area contributed by atoms with Crippen molar-refractivity contribution in [2.24, 2.45) is 0 Å². The van der Waals surface area contributed by atoms with Gasteiger partial charge < -0.3 is 10.1 Å². The number of thiazole rings is 1. The number of nitro groups is 1. The van der Waals surface area contributed by atoms with Gasteiger partial charge in [0.05, 0.1) is 39.1 Å². The van der Waals surface area contributed by atoms with Crippen molar-refractivity contribution in [2.45, 2.75) is 17.0 Å². The second-order valence-corrected chi connectivity index (χ2v) is 10.8. The largest absolute Gasteiger partial charge is 0.374 e. The van der Waals surface area contributed by atoms with Crippen molar-refractivity contribution in [3.05, 3.63) is 73.6 Å². The Morgan fingerprint density at radius 2 is 2.14 bits per heavy atom. The highest BCUT2D eigenvalue weighted by Gasteiger charge is 2.21. The first-order valence-electron chi connectivity index (χ1n) is 10.7. The first-order chi connectivity index (χ1) is 16.9. The molecule has 1 aromatic heterocycles.